The average Bonchev–Trinajstić information content (AvgIpc) is 2.52. The molecule has 5 N–H and O–H groups in total. The number of hydrogen-bond acceptors (Lipinski definition) is 6. The smallest absolute Gasteiger partial charge is 0.326 e. The fraction of sp³-hybridized carbons (Fsp3) is 0.267. The van der Waals surface area contributed by atoms with Crippen molar-refractivity contribution in [3.63, 3.8) is 0 Å². The molecule has 1 aromatic carbocycles. The molecule has 0 saturated carbocycles. The maximum atomic E-state index is 12.0. The zero-order valence-corrected chi connectivity index (χ0v) is 13.4. The number of thioether (sulfide) groups is 1. The molecule has 1 unspecified atom stereocenters. The van der Waals surface area contributed by atoms with E-state index >= 15 is 0 Å². The number of nitrogens with two attached hydrogens (primary N) is 1. The molecular weight excluding hydrogens is 316 g/mol. The van der Waals surface area contributed by atoms with Crippen LogP contribution in [-0.4, -0.2) is 35.0 Å². The van der Waals surface area contributed by atoms with E-state index in [0.717, 1.165) is 6.20 Å². The van der Waals surface area contributed by atoms with Gasteiger partial charge in [-0.1, -0.05) is 0 Å². The van der Waals surface area contributed by atoms with E-state index < -0.39 is 17.9 Å². The predicted octanol–water partition coefficient (Wildman–Crippen LogP) is 1.41. The highest BCUT2D eigenvalue weighted by molar-refractivity contribution is 7.98. The summed E-state index contributed by atoms with van der Waals surface area (Å²) >= 11 is 1.52. The van der Waals surface area contributed by atoms with Gasteiger partial charge in [0.2, 0.25) is 0 Å². The van der Waals surface area contributed by atoms with Gasteiger partial charge < -0.3 is 21.5 Å². The summed E-state index contributed by atoms with van der Waals surface area (Å²) in [6, 6.07) is 7.34. The molecular formula is C15H18N4O3S. The van der Waals surface area contributed by atoms with Gasteiger partial charge in [0.05, 0.1) is 0 Å². The van der Waals surface area contributed by atoms with Gasteiger partial charge in [0.1, 0.15) is 17.7 Å². The Labute approximate surface area is 138 Å². The van der Waals surface area contributed by atoms with Gasteiger partial charge in [-0.15, -0.1) is 0 Å². The minimum atomic E-state index is -1.04. The van der Waals surface area contributed by atoms with Crippen LogP contribution in [0.4, 0.5) is 11.4 Å². The lowest BCUT2D eigenvalue weighted by atomic mass is 10.2. The highest BCUT2D eigenvalue weighted by Gasteiger charge is 2.16. The van der Waals surface area contributed by atoms with E-state index in [-0.39, 0.29) is 5.57 Å². The first-order valence-corrected chi connectivity index (χ1v) is 8.12. The molecule has 8 heteroatoms. The summed E-state index contributed by atoms with van der Waals surface area (Å²) in [5.74, 6) is -1.01. The second-order valence-electron chi connectivity index (χ2n) is 4.58. The molecule has 122 valence electrons. The van der Waals surface area contributed by atoms with Crippen molar-refractivity contribution in [2.45, 2.75) is 12.5 Å². The van der Waals surface area contributed by atoms with E-state index in [2.05, 4.69) is 10.6 Å². The quantitative estimate of drug-likeness (QED) is 0.321. The van der Waals surface area contributed by atoms with Gasteiger partial charge in [-0.05, 0) is 42.7 Å². The summed E-state index contributed by atoms with van der Waals surface area (Å²) in [6.45, 7) is 0. The third-order valence-electron chi connectivity index (χ3n) is 2.87. The summed E-state index contributed by atoms with van der Waals surface area (Å²) in [4.78, 5) is 23.1. The largest absolute Gasteiger partial charge is 0.480 e. The molecule has 1 atom stereocenters. The molecule has 1 aromatic rings. The Kier molecular flexibility index (Phi) is 7.50. The van der Waals surface area contributed by atoms with Crippen LogP contribution in [-0.2, 0) is 9.59 Å². The molecule has 7 nitrogen and oxygen atoms in total. The molecule has 0 aliphatic carbocycles. The second-order valence-corrected chi connectivity index (χ2v) is 5.57. The van der Waals surface area contributed by atoms with E-state index in [9.17, 15) is 9.59 Å². The molecule has 0 bridgehead atoms. The van der Waals surface area contributed by atoms with Crippen LogP contribution in [0.3, 0.4) is 0 Å². The Hall–Kier alpha value is -2.66. The van der Waals surface area contributed by atoms with Crippen molar-refractivity contribution in [3.8, 4) is 6.07 Å². The van der Waals surface area contributed by atoms with Crippen molar-refractivity contribution in [1.29, 1.82) is 5.26 Å². The molecule has 0 radical (unpaired) electrons. The van der Waals surface area contributed by atoms with E-state index in [1.54, 1.807) is 30.3 Å². The van der Waals surface area contributed by atoms with Crippen LogP contribution >= 0.6 is 11.8 Å². The number of nitrogen functional groups attached to an aromatic ring is 1. The molecule has 0 spiro atoms. The third kappa shape index (κ3) is 6.32. The Morgan fingerprint density at radius 3 is 2.61 bits per heavy atom. The SMILES string of the molecule is CSCCC(N/C=C(/C#N)C(=O)Nc1ccc(N)cc1)C(=O)O. The maximum Gasteiger partial charge on any atom is 0.326 e. The standard InChI is InChI=1S/C15H18N4O3S/c1-23-7-6-13(15(21)22)18-9-10(8-16)14(20)19-12-4-2-11(17)3-5-12/h2-5,9,13,18H,6-7,17H2,1H3,(H,19,20)(H,21,22)/b10-9-. The van der Waals surface area contributed by atoms with Gasteiger partial charge in [-0.25, -0.2) is 4.79 Å². The van der Waals surface area contributed by atoms with Gasteiger partial charge in [0.15, 0.2) is 0 Å². The highest BCUT2D eigenvalue weighted by atomic mass is 32.2. The van der Waals surface area contributed by atoms with Crippen LogP contribution in [0.1, 0.15) is 6.42 Å². The Morgan fingerprint density at radius 1 is 1.43 bits per heavy atom. The maximum absolute atomic E-state index is 12.0. The zero-order valence-electron chi connectivity index (χ0n) is 12.6. The minimum absolute atomic E-state index is 0.211. The Morgan fingerprint density at radius 2 is 2.09 bits per heavy atom. The first kappa shape index (κ1) is 18.4. The van der Waals surface area contributed by atoms with Crippen molar-refractivity contribution in [2.75, 3.05) is 23.1 Å². The van der Waals surface area contributed by atoms with Gasteiger partial charge in [0.25, 0.3) is 5.91 Å². The van der Waals surface area contributed by atoms with Gasteiger partial charge >= 0.3 is 5.97 Å². The third-order valence-corrected chi connectivity index (χ3v) is 3.52. The number of hydrogen-bond donors (Lipinski definition) is 4. The van der Waals surface area contributed by atoms with E-state index in [0.29, 0.717) is 23.5 Å². The van der Waals surface area contributed by atoms with Crippen LogP contribution in [0, 0.1) is 11.3 Å². The number of amides is 1. The number of carboxylic acid groups (broad SMARTS) is 1. The summed E-state index contributed by atoms with van der Waals surface area (Å²) in [7, 11) is 0. The molecule has 0 aliphatic rings. The van der Waals surface area contributed by atoms with Crippen LogP contribution in [0.5, 0.6) is 0 Å². The number of aliphatic carboxylic acids is 1. The first-order chi connectivity index (χ1) is 11.0. The zero-order chi connectivity index (χ0) is 17.2. The fourth-order valence-corrected chi connectivity index (χ4v) is 2.08. The monoisotopic (exact) mass is 334 g/mol. The predicted molar refractivity (Wildman–Crippen MR) is 90.7 cm³/mol. The number of nitrogens with zero attached hydrogens (tertiary/aromatic N) is 1. The number of carboxylic acids is 1. The summed E-state index contributed by atoms with van der Waals surface area (Å²) in [6.07, 6.45) is 3.38. The molecule has 0 fully saturated rings. The lowest BCUT2D eigenvalue weighted by Crippen LogP contribution is -2.34. The second kappa shape index (κ2) is 9.38. The Balaban J connectivity index is 2.73. The lowest BCUT2D eigenvalue weighted by molar-refractivity contribution is -0.139. The van der Waals surface area contributed by atoms with Gasteiger partial charge in [-0.3, -0.25) is 4.79 Å². The molecule has 23 heavy (non-hydrogen) atoms. The topological polar surface area (TPSA) is 128 Å². The number of benzene rings is 1. The van der Waals surface area contributed by atoms with Crippen molar-refractivity contribution in [2.24, 2.45) is 0 Å². The van der Waals surface area contributed by atoms with Crippen LogP contribution in [0.15, 0.2) is 36.0 Å². The van der Waals surface area contributed by atoms with E-state index in [1.165, 1.54) is 11.8 Å². The molecule has 1 rings (SSSR count). The number of anilines is 2. The molecule has 0 saturated heterocycles. The normalized spacial score (nSPS) is 12.1. The lowest BCUT2D eigenvalue weighted by Gasteiger charge is -2.12. The fourth-order valence-electron chi connectivity index (χ4n) is 1.61. The van der Waals surface area contributed by atoms with E-state index in [4.69, 9.17) is 16.1 Å². The molecule has 0 aromatic heterocycles. The molecule has 0 aliphatic heterocycles. The number of nitrogens with one attached hydrogen (secondary N) is 2. The van der Waals surface area contributed by atoms with Crippen LogP contribution in [0.25, 0.3) is 0 Å². The number of carbonyl (C=O) groups excluding carboxylic acids is 1. The van der Waals surface area contributed by atoms with Gasteiger partial charge in [0, 0.05) is 17.6 Å². The molecule has 1 amide bonds. The van der Waals surface area contributed by atoms with Crippen LogP contribution in [0.2, 0.25) is 0 Å². The summed E-state index contributed by atoms with van der Waals surface area (Å²) in [5, 5.41) is 23.3. The average molecular weight is 334 g/mol. The van der Waals surface area contributed by atoms with Crippen molar-refractivity contribution >= 4 is 35.0 Å². The highest BCUT2D eigenvalue weighted by Crippen LogP contribution is 2.11. The van der Waals surface area contributed by atoms with Crippen molar-refractivity contribution < 1.29 is 14.7 Å². The number of carbonyl (C=O) groups is 2. The van der Waals surface area contributed by atoms with E-state index in [1.807, 2.05) is 6.26 Å². The number of rotatable bonds is 8. The van der Waals surface area contributed by atoms with Crippen molar-refractivity contribution in [3.05, 3.63) is 36.0 Å². The van der Waals surface area contributed by atoms with Crippen molar-refractivity contribution in [1.82, 2.24) is 5.32 Å². The summed E-state index contributed by atoms with van der Waals surface area (Å²) in [5.41, 5.74) is 6.38. The van der Waals surface area contributed by atoms with Gasteiger partial charge in [-0.2, -0.15) is 17.0 Å². The number of nitriles is 1. The Bertz CT molecular complexity index is 623. The minimum Gasteiger partial charge on any atom is -0.480 e. The first-order valence-electron chi connectivity index (χ1n) is 6.73. The van der Waals surface area contributed by atoms with Crippen LogP contribution < -0.4 is 16.4 Å². The summed E-state index contributed by atoms with van der Waals surface area (Å²) < 4.78 is 0. The molecule has 0 heterocycles.